The highest BCUT2D eigenvalue weighted by molar-refractivity contribution is 7.89. The van der Waals surface area contributed by atoms with Crippen LogP contribution in [-0.2, 0) is 21.2 Å². The zero-order valence-electron chi connectivity index (χ0n) is 19.2. The van der Waals surface area contributed by atoms with E-state index in [1.165, 1.54) is 0 Å². The van der Waals surface area contributed by atoms with Gasteiger partial charge in [-0.25, -0.2) is 8.42 Å². The third-order valence-electron chi connectivity index (χ3n) is 5.41. The molecule has 3 aromatic rings. The summed E-state index contributed by atoms with van der Waals surface area (Å²) in [6.45, 7) is 9.38. The Morgan fingerprint density at radius 1 is 0.812 bits per heavy atom. The molecule has 0 aromatic heterocycles. The van der Waals surface area contributed by atoms with Crippen molar-refractivity contribution in [3.8, 4) is 0 Å². The number of amides is 1. The Balaban J connectivity index is 1.94. The van der Waals surface area contributed by atoms with Crippen molar-refractivity contribution in [2.24, 2.45) is 0 Å². The van der Waals surface area contributed by atoms with E-state index in [-0.39, 0.29) is 11.3 Å². The van der Waals surface area contributed by atoms with Crippen LogP contribution < -0.4 is 10.0 Å². The molecule has 0 saturated heterocycles. The number of anilines is 1. The lowest BCUT2D eigenvalue weighted by Crippen LogP contribution is -2.45. The van der Waals surface area contributed by atoms with Crippen LogP contribution >= 0.6 is 0 Å². The van der Waals surface area contributed by atoms with E-state index in [0.717, 1.165) is 22.3 Å². The smallest absolute Gasteiger partial charge is 0.242 e. The van der Waals surface area contributed by atoms with E-state index in [0.29, 0.717) is 16.8 Å². The molecular weight excluding hydrogens is 420 g/mol. The summed E-state index contributed by atoms with van der Waals surface area (Å²) in [4.78, 5) is 13.5. The molecule has 32 heavy (non-hydrogen) atoms. The van der Waals surface area contributed by atoms with Gasteiger partial charge in [0.25, 0.3) is 0 Å². The second-order valence-electron chi connectivity index (χ2n) is 8.40. The van der Waals surface area contributed by atoms with E-state index in [1.54, 1.807) is 13.8 Å². The van der Waals surface area contributed by atoms with Crippen molar-refractivity contribution in [3.63, 3.8) is 0 Å². The number of hydrogen-bond acceptors (Lipinski definition) is 3. The van der Waals surface area contributed by atoms with Gasteiger partial charge < -0.3 is 5.32 Å². The number of aryl methyl sites for hydroxylation is 5. The highest BCUT2D eigenvalue weighted by atomic mass is 32.2. The molecule has 1 atom stereocenters. The minimum Gasteiger partial charge on any atom is -0.324 e. The Kier molecular flexibility index (Phi) is 7.16. The number of rotatable bonds is 7. The van der Waals surface area contributed by atoms with Crippen molar-refractivity contribution < 1.29 is 13.2 Å². The van der Waals surface area contributed by atoms with Gasteiger partial charge in [0.2, 0.25) is 15.9 Å². The molecule has 168 valence electrons. The number of hydrogen-bond donors (Lipinski definition) is 2. The quantitative estimate of drug-likeness (QED) is 0.545. The summed E-state index contributed by atoms with van der Waals surface area (Å²) in [5.74, 6) is -0.396. The van der Waals surface area contributed by atoms with Crippen LogP contribution in [-0.4, -0.2) is 20.4 Å². The number of nitrogens with one attached hydrogen (secondary N) is 2. The zero-order chi connectivity index (χ0) is 23.5. The van der Waals surface area contributed by atoms with Gasteiger partial charge in [0.1, 0.15) is 6.04 Å². The first-order valence-corrected chi connectivity index (χ1v) is 12.1. The van der Waals surface area contributed by atoms with Crippen molar-refractivity contribution >= 4 is 21.6 Å². The maximum absolute atomic E-state index is 13.4. The summed E-state index contributed by atoms with van der Waals surface area (Å²) in [5, 5.41) is 2.90. The van der Waals surface area contributed by atoms with Gasteiger partial charge in [0.15, 0.2) is 0 Å². The van der Waals surface area contributed by atoms with E-state index in [4.69, 9.17) is 0 Å². The van der Waals surface area contributed by atoms with Crippen LogP contribution in [0.3, 0.4) is 0 Å². The molecule has 6 heteroatoms. The highest BCUT2D eigenvalue weighted by Crippen LogP contribution is 2.23. The van der Waals surface area contributed by atoms with Crippen molar-refractivity contribution in [2.45, 2.75) is 52.0 Å². The Morgan fingerprint density at radius 2 is 1.41 bits per heavy atom. The fourth-order valence-corrected chi connectivity index (χ4v) is 5.70. The van der Waals surface area contributed by atoms with Crippen LogP contribution in [0.25, 0.3) is 0 Å². The summed E-state index contributed by atoms with van der Waals surface area (Å²) in [6.07, 6.45) is 0.237. The molecule has 0 saturated carbocycles. The van der Waals surface area contributed by atoms with Crippen LogP contribution in [0.2, 0.25) is 0 Å². The number of sulfonamides is 1. The van der Waals surface area contributed by atoms with Crippen LogP contribution in [0.1, 0.15) is 33.4 Å². The molecule has 5 nitrogen and oxygen atoms in total. The van der Waals surface area contributed by atoms with E-state index in [9.17, 15) is 13.2 Å². The number of benzene rings is 3. The molecule has 0 aliphatic rings. The molecule has 0 fully saturated rings. The van der Waals surface area contributed by atoms with Gasteiger partial charge in [-0.1, -0.05) is 65.7 Å². The zero-order valence-corrected chi connectivity index (χ0v) is 20.0. The maximum Gasteiger partial charge on any atom is 0.242 e. The average molecular weight is 451 g/mol. The second-order valence-corrected chi connectivity index (χ2v) is 10.0. The standard InChI is InChI=1S/C26H30N2O3S/c1-17-11-12-23(19(3)13-17)27-26(29)24(16-22-9-7-6-8-10-22)28-32(30,31)25-20(4)14-18(2)15-21(25)5/h6-15,24,28H,16H2,1-5H3,(H,27,29). The van der Waals surface area contributed by atoms with Crippen molar-refractivity contribution in [2.75, 3.05) is 5.32 Å². The maximum atomic E-state index is 13.4. The Hall–Kier alpha value is -2.96. The number of carbonyl (C=O) groups is 1. The lowest BCUT2D eigenvalue weighted by atomic mass is 10.1. The molecule has 2 N–H and O–H groups in total. The molecule has 3 aromatic carbocycles. The molecule has 3 rings (SSSR count). The lowest BCUT2D eigenvalue weighted by Gasteiger charge is -2.21. The summed E-state index contributed by atoms with van der Waals surface area (Å²) in [5.41, 5.74) is 5.85. The lowest BCUT2D eigenvalue weighted by molar-refractivity contribution is -0.117. The highest BCUT2D eigenvalue weighted by Gasteiger charge is 2.28. The molecule has 0 bridgehead atoms. The summed E-state index contributed by atoms with van der Waals surface area (Å²) in [6, 6.07) is 17.8. The minimum absolute atomic E-state index is 0.223. The van der Waals surface area contributed by atoms with Crippen LogP contribution in [0.5, 0.6) is 0 Å². The van der Waals surface area contributed by atoms with Gasteiger partial charge >= 0.3 is 0 Å². The van der Waals surface area contributed by atoms with E-state index >= 15 is 0 Å². The largest absolute Gasteiger partial charge is 0.324 e. The molecular formula is C26H30N2O3S. The topological polar surface area (TPSA) is 75.3 Å². The van der Waals surface area contributed by atoms with E-state index in [1.807, 2.05) is 81.4 Å². The Morgan fingerprint density at radius 3 is 2.00 bits per heavy atom. The second kappa shape index (κ2) is 9.67. The van der Waals surface area contributed by atoms with Crippen LogP contribution in [0.15, 0.2) is 65.6 Å². The molecule has 1 unspecified atom stereocenters. The van der Waals surface area contributed by atoms with Gasteiger partial charge in [0, 0.05) is 5.69 Å². The minimum atomic E-state index is -3.92. The molecule has 0 heterocycles. The third kappa shape index (κ3) is 5.64. The molecule has 0 aliphatic carbocycles. The van der Waals surface area contributed by atoms with E-state index < -0.39 is 22.0 Å². The fraction of sp³-hybridized carbons (Fsp3) is 0.269. The average Bonchev–Trinajstić information content (AvgIpc) is 2.69. The molecule has 0 radical (unpaired) electrons. The first-order valence-electron chi connectivity index (χ1n) is 10.6. The third-order valence-corrected chi connectivity index (χ3v) is 7.19. The first kappa shape index (κ1) is 23.7. The molecule has 0 spiro atoms. The van der Waals surface area contributed by atoms with Gasteiger partial charge in [-0.2, -0.15) is 4.72 Å². The monoisotopic (exact) mass is 450 g/mol. The van der Waals surface area contributed by atoms with Crippen molar-refractivity contribution in [1.82, 2.24) is 4.72 Å². The van der Waals surface area contributed by atoms with Crippen molar-refractivity contribution in [1.29, 1.82) is 0 Å². The van der Waals surface area contributed by atoms with Crippen LogP contribution in [0, 0.1) is 34.6 Å². The Labute approximate surface area is 190 Å². The summed E-state index contributed by atoms with van der Waals surface area (Å²) >= 11 is 0. The van der Waals surface area contributed by atoms with Gasteiger partial charge in [-0.15, -0.1) is 0 Å². The predicted octanol–water partition coefficient (Wildman–Crippen LogP) is 4.76. The van der Waals surface area contributed by atoms with Gasteiger partial charge in [0.05, 0.1) is 4.90 Å². The summed E-state index contributed by atoms with van der Waals surface area (Å²) in [7, 11) is -3.92. The summed E-state index contributed by atoms with van der Waals surface area (Å²) < 4.78 is 29.4. The van der Waals surface area contributed by atoms with Crippen molar-refractivity contribution in [3.05, 3.63) is 94.0 Å². The van der Waals surface area contributed by atoms with E-state index in [2.05, 4.69) is 10.0 Å². The predicted molar refractivity (Wildman–Crippen MR) is 129 cm³/mol. The fourth-order valence-electron chi connectivity index (χ4n) is 4.05. The van der Waals surface area contributed by atoms with Gasteiger partial charge in [-0.05, 0) is 69.4 Å². The molecule has 1 amide bonds. The van der Waals surface area contributed by atoms with Gasteiger partial charge in [-0.3, -0.25) is 4.79 Å². The normalized spacial score (nSPS) is 12.4. The number of carbonyl (C=O) groups excluding carboxylic acids is 1. The first-order chi connectivity index (χ1) is 15.1. The SMILES string of the molecule is Cc1ccc(NC(=O)C(Cc2ccccc2)NS(=O)(=O)c2c(C)cc(C)cc2C)c(C)c1. The van der Waals surface area contributed by atoms with Crippen LogP contribution in [0.4, 0.5) is 5.69 Å². The molecule has 0 aliphatic heterocycles. The Bertz CT molecular complexity index is 1210.